The van der Waals surface area contributed by atoms with Crippen LogP contribution in [0.15, 0.2) is 42.6 Å². The summed E-state index contributed by atoms with van der Waals surface area (Å²) in [6, 6.07) is 10.4. The summed E-state index contributed by atoms with van der Waals surface area (Å²) in [6.45, 7) is 1.86. The van der Waals surface area contributed by atoms with Crippen LogP contribution in [0.5, 0.6) is 5.75 Å². The second-order valence-corrected chi connectivity index (χ2v) is 5.10. The summed E-state index contributed by atoms with van der Waals surface area (Å²) in [5, 5.41) is 11.0. The summed E-state index contributed by atoms with van der Waals surface area (Å²) in [4.78, 5) is 22.0. The average Bonchev–Trinajstić information content (AvgIpc) is 2.85. The van der Waals surface area contributed by atoms with E-state index in [9.17, 15) is 14.9 Å². The molecule has 116 valence electrons. The highest BCUT2D eigenvalue weighted by Crippen LogP contribution is 2.37. The lowest BCUT2D eigenvalue weighted by molar-refractivity contribution is -0.385. The normalized spacial score (nSPS) is 10.7. The van der Waals surface area contributed by atoms with Crippen LogP contribution in [0, 0.1) is 17.0 Å². The summed E-state index contributed by atoms with van der Waals surface area (Å²) in [6.07, 6.45) is 2.63. The van der Waals surface area contributed by atoms with Crippen LogP contribution in [-0.4, -0.2) is 22.7 Å². The molecule has 6 nitrogen and oxygen atoms in total. The molecule has 6 heteroatoms. The molecule has 0 unspecified atom stereocenters. The van der Waals surface area contributed by atoms with Crippen LogP contribution >= 0.6 is 0 Å². The maximum Gasteiger partial charge on any atom is 0.310 e. The maximum absolute atomic E-state index is 11.4. The molecular weight excluding hydrogens is 296 g/mol. The van der Waals surface area contributed by atoms with Crippen LogP contribution in [-0.2, 0) is 0 Å². The van der Waals surface area contributed by atoms with Crippen molar-refractivity contribution in [1.29, 1.82) is 0 Å². The van der Waals surface area contributed by atoms with Crippen LogP contribution in [0.25, 0.3) is 16.6 Å². The van der Waals surface area contributed by atoms with Crippen molar-refractivity contribution in [3.8, 4) is 16.9 Å². The van der Waals surface area contributed by atoms with Gasteiger partial charge in [-0.25, -0.2) is 0 Å². The number of pyridine rings is 1. The van der Waals surface area contributed by atoms with E-state index in [1.54, 1.807) is 12.1 Å². The van der Waals surface area contributed by atoms with Gasteiger partial charge >= 0.3 is 5.69 Å². The van der Waals surface area contributed by atoms with Crippen molar-refractivity contribution < 1.29 is 14.5 Å². The van der Waals surface area contributed by atoms with Crippen molar-refractivity contribution >= 4 is 17.5 Å². The summed E-state index contributed by atoms with van der Waals surface area (Å²) >= 11 is 0. The van der Waals surface area contributed by atoms with Crippen molar-refractivity contribution in [2.75, 3.05) is 7.11 Å². The number of nitro benzene ring substituents is 1. The van der Waals surface area contributed by atoms with Crippen molar-refractivity contribution in [3.63, 3.8) is 0 Å². The van der Waals surface area contributed by atoms with E-state index in [2.05, 4.69) is 0 Å². The van der Waals surface area contributed by atoms with Gasteiger partial charge in [-0.05, 0) is 42.3 Å². The van der Waals surface area contributed by atoms with Gasteiger partial charge in [-0.1, -0.05) is 6.07 Å². The summed E-state index contributed by atoms with van der Waals surface area (Å²) in [5.41, 5.74) is 3.79. The van der Waals surface area contributed by atoms with Crippen LogP contribution in [0.1, 0.15) is 16.1 Å². The fourth-order valence-electron chi connectivity index (χ4n) is 2.85. The molecule has 23 heavy (non-hydrogen) atoms. The Morgan fingerprint density at radius 3 is 2.70 bits per heavy atom. The second-order valence-electron chi connectivity index (χ2n) is 5.10. The molecule has 0 N–H and O–H groups in total. The first kappa shape index (κ1) is 14.8. The van der Waals surface area contributed by atoms with Gasteiger partial charge in [-0.15, -0.1) is 0 Å². The number of aromatic nitrogens is 1. The number of aldehydes is 1. The molecule has 0 aliphatic rings. The van der Waals surface area contributed by atoms with Crippen LogP contribution in [0.3, 0.4) is 0 Å². The predicted molar refractivity (Wildman–Crippen MR) is 86.2 cm³/mol. The zero-order valence-electron chi connectivity index (χ0n) is 12.6. The topological polar surface area (TPSA) is 73.8 Å². The van der Waals surface area contributed by atoms with Gasteiger partial charge in [0.25, 0.3) is 0 Å². The highest BCUT2D eigenvalue weighted by molar-refractivity contribution is 5.92. The van der Waals surface area contributed by atoms with Gasteiger partial charge in [-0.3, -0.25) is 14.9 Å². The third-order valence-electron chi connectivity index (χ3n) is 3.91. The molecule has 0 amide bonds. The lowest BCUT2D eigenvalue weighted by Crippen LogP contribution is -1.94. The molecule has 1 aromatic carbocycles. The molecule has 0 aliphatic carbocycles. The van der Waals surface area contributed by atoms with Gasteiger partial charge in [0.05, 0.1) is 23.2 Å². The summed E-state index contributed by atoms with van der Waals surface area (Å²) in [5.74, 6) is 0.190. The zero-order valence-corrected chi connectivity index (χ0v) is 12.6. The number of nitrogens with zero attached hydrogens (tertiary/aromatic N) is 2. The highest BCUT2D eigenvalue weighted by Gasteiger charge is 2.20. The Bertz CT molecular complexity index is 928. The van der Waals surface area contributed by atoms with Gasteiger partial charge < -0.3 is 9.14 Å². The Labute approximate surface area is 132 Å². The van der Waals surface area contributed by atoms with Crippen LogP contribution < -0.4 is 4.74 Å². The molecule has 0 spiro atoms. The molecule has 0 saturated carbocycles. The number of fused-ring (bicyclic) bond motifs is 1. The maximum atomic E-state index is 11.4. The molecule has 2 aromatic heterocycles. The average molecular weight is 310 g/mol. The third-order valence-corrected chi connectivity index (χ3v) is 3.91. The summed E-state index contributed by atoms with van der Waals surface area (Å²) in [7, 11) is 1.40. The fourth-order valence-corrected chi connectivity index (χ4v) is 2.85. The van der Waals surface area contributed by atoms with Crippen molar-refractivity contribution in [3.05, 3.63) is 64.0 Å². The Morgan fingerprint density at radius 2 is 2.04 bits per heavy atom. The Hall–Kier alpha value is -3.15. The minimum atomic E-state index is -0.482. The molecule has 0 saturated heterocycles. The van der Waals surface area contributed by atoms with E-state index in [4.69, 9.17) is 4.74 Å². The molecular formula is C17H14N2O4. The number of benzene rings is 1. The predicted octanol–water partition coefficient (Wildman–Crippen LogP) is 3.64. The first-order valence-corrected chi connectivity index (χ1v) is 6.96. The van der Waals surface area contributed by atoms with Crippen molar-refractivity contribution in [2.45, 2.75) is 6.92 Å². The van der Waals surface area contributed by atoms with Crippen LogP contribution in [0.4, 0.5) is 5.69 Å². The minimum Gasteiger partial charge on any atom is -0.490 e. The number of methoxy groups -OCH3 is 1. The Morgan fingerprint density at radius 1 is 1.26 bits per heavy atom. The highest BCUT2D eigenvalue weighted by atomic mass is 16.6. The largest absolute Gasteiger partial charge is 0.490 e. The number of hydrogen-bond donors (Lipinski definition) is 0. The molecule has 2 heterocycles. The number of hydrogen-bond acceptors (Lipinski definition) is 4. The van der Waals surface area contributed by atoms with Gasteiger partial charge in [-0.2, -0.15) is 0 Å². The Balaban J connectivity index is 2.31. The van der Waals surface area contributed by atoms with E-state index in [0.29, 0.717) is 5.69 Å². The number of ether oxygens (including phenoxy) is 1. The standard InChI is InChI=1S/C17H14N2O4/c1-11-15(10-20)18-8-4-3-5-14(18)17(11)12-6-7-13(19(21)22)16(9-12)23-2/h3-10H,1-2H3. The minimum absolute atomic E-state index is 0.0898. The van der Waals surface area contributed by atoms with E-state index in [1.165, 1.54) is 13.2 Å². The smallest absolute Gasteiger partial charge is 0.310 e. The van der Waals surface area contributed by atoms with Crippen molar-refractivity contribution in [1.82, 2.24) is 4.40 Å². The first-order chi connectivity index (χ1) is 11.1. The molecule has 0 bridgehead atoms. The SMILES string of the molecule is COc1cc(-c2c(C)c(C=O)n3ccccc23)ccc1[N+](=O)[O-]. The second kappa shape index (κ2) is 5.57. The number of carbonyl (C=O) groups excluding carboxylic acids is 1. The molecule has 0 aliphatic heterocycles. The quantitative estimate of drug-likeness (QED) is 0.419. The fraction of sp³-hybridized carbons (Fsp3) is 0.118. The molecule has 0 atom stereocenters. The van der Waals surface area contributed by atoms with E-state index >= 15 is 0 Å². The van der Waals surface area contributed by atoms with Gasteiger partial charge in [0, 0.05) is 17.8 Å². The van der Waals surface area contributed by atoms with Crippen molar-refractivity contribution in [2.24, 2.45) is 0 Å². The van der Waals surface area contributed by atoms with E-state index in [0.717, 1.165) is 28.5 Å². The Kier molecular flexibility index (Phi) is 3.57. The van der Waals surface area contributed by atoms with Gasteiger partial charge in [0.1, 0.15) is 0 Å². The molecule has 3 aromatic rings. The van der Waals surface area contributed by atoms with Gasteiger partial charge in [0.15, 0.2) is 12.0 Å². The number of nitro groups is 1. The molecule has 0 radical (unpaired) electrons. The van der Waals surface area contributed by atoms with Crippen LogP contribution in [0.2, 0.25) is 0 Å². The van der Waals surface area contributed by atoms with E-state index in [-0.39, 0.29) is 11.4 Å². The third kappa shape index (κ3) is 2.24. The molecule has 0 fully saturated rings. The van der Waals surface area contributed by atoms with E-state index < -0.39 is 4.92 Å². The first-order valence-electron chi connectivity index (χ1n) is 6.96. The van der Waals surface area contributed by atoms with Gasteiger partial charge in [0.2, 0.25) is 0 Å². The summed E-state index contributed by atoms with van der Waals surface area (Å²) < 4.78 is 6.95. The lowest BCUT2D eigenvalue weighted by Gasteiger charge is -2.06. The number of carbonyl (C=O) groups is 1. The molecule has 3 rings (SSSR count). The lowest BCUT2D eigenvalue weighted by atomic mass is 10.0. The number of rotatable bonds is 4. The van der Waals surface area contributed by atoms with E-state index in [1.807, 2.05) is 35.7 Å². The zero-order chi connectivity index (χ0) is 16.6. The monoisotopic (exact) mass is 310 g/mol.